The van der Waals surface area contributed by atoms with Crippen LogP contribution in [0.1, 0.15) is 46.0 Å². The molecule has 0 aliphatic heterocycles. The third-order valence-corrected chi connectivity index (χ3v) is 6.07. The Hall–Kier alpha value is -1.03. The topological polar surface area (TPSA) is 37.4 Å². The smallest absolute Gasteiger partial charge is 0.235 e. The molecule has 0 radical (unpaired) electrons. The van der Waals surface area contributed by atoms with Gasteiger partial charge in [0.2, 0.25) is 10.0 Å². The highest BCUT2D eigenvalue weighted by Crippen LogP contribution is 2.28. The second kappa shape index (κ2) is 6.61. The zero-order valence-corrected chi connectivity index (χ0v) is 13.3. The minimum absolute atomic E-state index is 0.0500. The average Bonchev–Trinajstić information content (AvgIpc) is 2.39. The normalized spacial score (nSPS) is 17.4. The highest BCUT2D eigenvalue weighted by atomic mass is 32.2. The van der Waals surface area contributed by atoms with Gasteiger partial charge in [0.25, 0.3) is 0 Å². The van der Waals surface area contributed by atoms with Crippen molar-refractivity contribution >= 4 is 15.7 Å². The molecule has 0 amide bonds. The molecule has 1 aromatic carbocycles. The van der Waals surface area contributed by atoms with Crippen molar-refractivity contribution in [1.29, 1.82) is 0 Å². The first kappa shape index (κ1) is 15.4. The molecule has 1 aliphatic rings. The summed E-state index contributed by atoms with van der Waals surface area (Å²) in [6.45, 7) is 3.87. The number of sulfonamides is 1. The van der Waals surface area contributed by atoms with Gasteiger partial charge in [-0.05, 0) is 44.7 Å². The summed E-state index contributed by atoms with van der Waals surface area (Å²) in [5.41, 5.74) is 0.776. The summed E-state index contributed by atoms with van der Waals surface area (Å²) in [4.78, 5) is 0. The fourth-order valence-corrected chi connectivity index (χ4v) is 5.26. The summed E-state index contributed by atoms with van der Waals surface area (Å²) in [6.07, 6.45) is 5.71. The van der Waals surface area contributed by atoms with Gasteiger partial charge in [-0.2, -0.15) is 0 Å². The largest absolute Gasteiger partial charge is 0.268 e. The molecule has 3 nitrogen and oxygen atoms in total. The van der Waals surface area contributed by atoms with Gasteiger partial charge >= 0.3 is 0 Å². The zero-order valence-electron chi connectivity index (χ0n) is 12.5. The van der Waals surface area contributed by atoms with Gasteiger partial charge in [0, 0.05) is 6.04 Å². The number of para-hydroxylation sites is 1. The number of hydrogen-bond acceptors (Lipinski definition) is 2. The number of anilines is 1. The molecule has 0 aromatic heterocycles. The van der Waals surface area contributed by atoms with Crippen LogP contribution in [-0.2, 0) is 10.0 Å². The average molecular weight is 295 g/mol. The molecule has 0 atom stereocenters. The first-order valence-electron chi connectivity index (χ1n) is 7.58. The van der Waals surface area contributed by atoms with E-state index in [-0.39, 0.29) is 6.04 Å². The minimum atomic E-state index is -3.24. The molecule has 1 aromatic rings. The molecule has 1 fully saturated rings. The second-order valence-electron chi connectivity index (χ2n) is 6.01. The van der Waals surface area contributed by atoms with E-state index in [1.807, 2.05) is 44.2 Å². The molecule has 0 unspecified atom stereocenters. The lowest BCUT2D eigenvalue weighted by Crippen LogP contribution is -2.40. The third-order valence-electron chi connectivity index (χ3n) is 3.95. The van der Waals surface area contributed by atoms with Crippen molar-refractivity contribution in [2.45, 2.75) is 52.0 Å². The Kier molecular flexibility index (Phi) is 5.08. The molecule has 112 valence electrons. The van der Waals surface area contributed by atoms with Crippen LogP contribution in [0.25, 0.3) is 0 Å². The van der Waals surface area contributed by atoms with E-state index in [0.29, 0.717) is 11.7 Å². The quantitative estimate of drug-likeness (QED) is 0.828. The zero-order chi connectivity index (χ0) is 14.6. The summed E-state index contributed by atoms with van der Waals surface area (Å²) in [5, 5.41) is 0. The molecule has 4 heteroatoms. The van der Waals surface area contributed by atoms with Crippen LogP contribution in [0.15, 0.2) is 30.3 Å². The molecule has 0 spiro atoms. The Balaban J connectivity index is 2.19. The van der Waals surface area contributed by atoms with Crippen molar-refractivity contribution < 1.29 is 8.42 Å². The fourth-order valence-electron chi connectivity index (χ4n) is 3.09. The molecular formula is C16H25NO2S. The predicted octanol–water partition coefficient (Wildman–Crippen LogP) is 3.81. The summed E-state index contributed by atoms with van der Waals surface area (Å²) < 4.78 is 27.1. The molecular weight excluding hydrogens is 270 g/mol. The summed E-state index contributed by atoms with van der Waals surface area (Å²) >= 11 is 0. The van der Waals surface area contributed by atoms with Gasteiger partial charge in [0.05, 0.1) is 11.4 Å². The van der Waals surface area contributed by atoms with E-state index < -0.39 is 10.0 Å². The van der Waals surface area contributed by atoms with Crippen molar-refractivity contribution in [1.82, 2.24) is 0 Å². The van der Waals surface area contributed by atoms with Crippen LogP contribution < -0.4 is 4.31 Å². The molecule has 0 N–H and O–H groups in total. The summed E-state index contributed by atoms with van der Waals surface area (Å²) in [7, 11) is -3.24. The minimum Gasteiger partial charge on any atom is -0.268 e. The molecule has 1 aliphatic carbocycles. The van der Waals surface area contributed by atoms with Crippen molar-refractivity contribution in [2.75, 3.05) is 10.1 Å². The number of rotatable bonds is 5. The maximum Gasteiger partial charge on any atom is 0.235 e. The van der Waals surface area contributed by atoms with Crippen LogP contribution in [0.3, 0.4) is 0 Å². The Morgan fingerprint density at radius 2 is 1.70 bits per heavy atom. The predicted molar refractivity (Wildman–Crippen MR) is 84.4 cm³/mol. The van der Waals surface area contributed by atoms with Crippen LogP contribution in [-0.4, -0.2) is 20.2 Å². The first-order chi connectivity index (χ1) is 9.50. The van der Waals surface area contributed by atoms with Crippen molar-refractivity contribution in [2.24, 2.45) is 5.92 Å². The molecule has 20 heavy (non-hydrogen) atoms. The lowest BCUT2D eigenvalue weighted by molar-refractivity contribution is 0.384. The van der Waals surface area contributed by atoms with Gasteiger partial charge in [0.15, 0.2) is 0 Å². The second-order valence-corrected chi connectivity index (χ2v) is 7.90. The lowest BCUT2D eigenvalue weighted by Gasteiger charge is -2.31. The number of benzene rings is 1. The molecule has 0 saturated heterocycles. The number of hydrogen-bond donors (Lipinski definition) is 0. The first-order valence-corrected chi connectivity index (χ1v) is 9.19. The van der Waals surface area contributed by atoms with Gasteiger partial charge in [-0.15, -0.1) is 0 Å². The van der Waals surface area contributed by atoms with E-state index in [2.05, 4.69) is 0 Å². The van der Waals surface area contributed by atoms with E-state index in [1.54, 1.807) is 4.31 Å². The molecule has 0 heterocycles. The summed E-state index contributed by atoms with van der Waals surface area (Å²) in [5.74, 6) is 0.624. The van der Waals surface area contributed by atoms with Gasteiger partial charge in [-0.3, -0.25) is 4.31 Å². The Morgan fingerprint density at radius 3 is 2.25 bits per heavy atom. The summed E-state index contributed by atoms with van der Waals surface area (Å²) in [6, 6.07) is 9.39. The molecule has 1 saturated carbocycles. The standard InChI is InChI=1S/C16H25NO2S/c1-14(2)17(16-11-7-4-8-12-16)20(18,19)13-15-9-5-3-6-10-15/h4,7-8,11-12,14-15H,3,5-6,9-10,13H2,1-2H3. The van der Waals surface area contributed by atoms with Gasteiger partial charge in [0.1, 0.15) is 0 Å². The van der Waals surface area contributed by atoms with E-state index in [1.165, 1.54) is 19.3 Å². The highest BCUT2D eigenvalue weighted by Gasteiger charge is 2.29. The van der Waals surface area contributed by atoms with Crippen LogP contribution in [0.2, 0.25) is 0 Å². The van der Waals surface area contributed by atoms with Crippen molar-refractivity contribution in [3.63, 3.8) is 0 Å². The van der Waals surface area contributed by atoms with Crippen LogP contribution in [0.4, 0.5) is 5.69 Å². The SMILES string of the molecule is CC(C)N(c1ccccc1)S(=O)(=O)CC1CCCCC1. The maximum absolute atomic E-state index is 12.8. The van der Waals surface area contributed by atoms with E-state index in [4.69, 9.17) is 0 Å². The maximum atomic E-state index is 12.8. The van der Waals surface area contributed by atoms with Crippen molar-refractivity contribution in [3.05, 3.63) is 30.3 Å². The molecule has 2 rings (SSSR count). The van der Waals surface area contributed by atoms with Crippen LogP contribution >= 0.6 is 0 Å². The third kappa shape index (κ3) is 3.75. The van der Waals surface area contributed by atoms with Gasteiger partial charge in [-0.25, -0.2) is 8.42 Å². The van der Waals surface area contributed by atoms with E-state index in [0.717, 1.165) is 18.5 Å². The number of nitrogens with zero attached hydrogens (tertiary/aromatic N) is 1. The van der Waals surface area contributed by atoms with Gasteiger partial charge in [-0.1, -0.05) is 37.5 Å². The lowest BCUT2D eigenvalue weighted by atomic mass is 9.91. The Bertz CT molecular complexity index is 505. The van der Waals surface area contributed by atoms with Crippen LogP contribution in [0, 0.1) is 5.92 Å². The van der Waals surface area contributed by atoms with Crippen molar-refractivity contribution in [3.8, 4) is 0 Å². The molecule has 0 bridgehead atoms. The van der Waals surface area contributed by atoms with Crippen LogP contribution in [0.5, 0.6) is 0 Å². The van der Waals surface area contributed by atoms with E-state index in [9.17, 15) is 8.42 Å². The Labute approximate surface area is 123 Å². The highest BCUT2D eigenvalue weighted by molar-refractivity contribution is 7.92. The fraction of sp³-hybridized carbons (Fsp3) is 0.625. The van der Waals surface area contributed by atoms with Gasteiger partial charge < -0.3 is 0 Å². The van der Waals surface area contributed by atoms with E-state index >= 15 is 0 Å². The Morgan fingerprint density at radius 1 is 1.10 bits per heavy atom. The monoisotopic (exact) mass is 295 g/mol.